The molecule has 0 N–H and O–H groups in total. The molecule has 0 unspecified atom stereocenters. The van der Waals surface area contributed by atoms with Crippen LogP contribution in [-0.2, 0) is 9.59 Å². The maximum Gasteiger partial charge on any atom is 0.225 e. The molecule has 5 heteroatoms. The summed E-state index contributed by atoms with van der Waals surface area (Å²) >= 11 is 0. The van der Waals surface area contributed by atoms with Crippen LogP contribution in [0.2, 0.25) is 0 Å². The van der Waals surface area contributed by atoms with Gasteiger partial charge in [-0.2, -0.15) is 0 Å². The maximum atomic E-state index is 12.4. The Kier molecular flexibility index (Phi) is 6.68. The van der Waals surface area contributed by atoms with Crippen LogP contribution in [0.25, 0.3) is 0 Å². The van der Waals surface area contributed by atoms with Crippen LogP contribution in [0.15, 0.2) is 0 Å². The van der Waals surface area contributed by atoms with Crippen molar-refractivity contribution in [3.8, 4) is 0 Å². The molecule has 0 bridgehead atoms. The summed E-state index contributed by atoms with van der Waals surface area (Å²) in [5.74, 6) is 0.674. The van der Waals surface area contributed by atoms with E-state index in [0.29, 0.717) is 32.6 Å². The Labute approximate surface area is 134 Å². The standard InChI is InChI=1S/C17H31N3O2/c1-3-15(4-2)17(22)20-13-11-19(12-14-20)16(21)7-10-18-8-5-6-9-18/h15H,3-14H2,1-2H3. The summed E-state index contributed by atoms with van der Waals surface area (Å²) in [5, 5.41) is 0. The summed E-state index contributed by atoms with van der Waals surface area (Å²) in [5.41, 5.74) is 0. The molecule has 0 atom stereocenters. The molecule has 0 aromatic carbocycles. The number of carbonyl (C=O) groups excluding carboxylic acids is 2. The normalized spacial score (nSPS) is 20.0. The molecule has 126 valence electrons. The lowest BCUT2D eigenvalue weighted by molar-refractivity contribution is -0.142. The monoisotopic (exact) mass is 309 g/mol. The Bertz CT molecular complexity index is 368. The van der Waals surface area contributed by atoms with Crippen molar-refractivity contribution in [2.24, 2.45) is 5.92 Å². The smallest absolute Gasteiger partial charge is 0.225 e. The second-order valence-electron chi connectivity index (χ2n) is 6.52. The highest BCUT2D eigenvalue weighted by molar-refractivity contribution is 5.80. The molecule has 2 rings (SSSR count). The van der Waals surface area contributed by atoms with Crippen molar-refractivity contribution in [2.45, 2.75) is 46.0 Å². The number of likely N-dealkylation sites (tertiary alicyclic amines) is 1. The zero-order valence-corrected chi connectivity index (χ0v) is 14.2. The van der Waals surface area contributed by atoms with E-state index < -0.39 is 0 Å². The fraction of sp³-hybridized carbons (Fsp3) is 0.882. The minimum atomic E-state index is 0.150. The third kappa shape index (κ3) is 4.45. The zero-order chi connectivity index (χ0) is 15.9. The molecule has 2 aliphatic rings. The molecule has 0 aromatic rings. The van der Waals surface area contributed by atoms with Crippen molar-refractivity contribution in [3.63, 3.8) is 0 Å². The van der Waals surface area contributed by atoms with Gasteiger partial charge in [0.1, 0.15) is 0 Å². The summed E-state index contributed by atoms with van der Waals surface area (Å²) in [4.78, 5) is 30.9. The van der Waals surface area contributed by atoms with E-state index in [1.807, 2.05) is 9.80 Å². The Hall–Kier alpha value is -1.10. The number of amides is 2. The summed E-state index contributed by atoms with van der Waals surface area (Å²) < 4.78 is 0. The summed E-state index contributed by atoms with van der Waals surface area (Å²) in [6.07, 6.45) is 4.98. The van der Waals surface area contributed by atoms with E-state index in [9.17, 15) is 9.59 Å². The second kappa shape index (κ2) is 8.51. The molecule has 22 heavy (non-hydrogen) atoms. The van der Waals surface area contributed by atoms with E-state index in [4.69, 9.17) is 0 Å². The zero-order valence-electron chi connectivity index (χ0n) is 14.2. The third-order valence-electron chi connectivity index (χ3n) is 5.12. The van der Waals surface area contributed by atoms with Crippen LogP contribution < -0.4 is 0 Å². The predicted octanol–water partition coefficient (Wildman–Crippen LogP) is 1.58. The SMILES string of the molecule is CCC(CC)C(=O)N1CCN(C(=O)CCN2CCCC2)CC1. The van der Waals surface area contributed by atoms with Gasteiger partial charge in [-0.05, 0) is 38.8 Å². The van der Waals surface area contributed by atoms with Gasteiger partial charge >= 0.3 is 0 Å². The number of hydrogen-bond acceptors (Lipinski definition) is 3. The van der Waals surface area contributed by atoms with Crippen LogP contribution in [-0.4, -0.2) is 72.3 Å². The van der Waals surface area contributed by atoms with Gasteiger partial charge in [0.2, 0.25) is 11.8 Å². The maximum absolute atomic E-state index is 12.4. The van der Waals surface area contributed by atoms with Crippen molar-refractivity contribution in [1.82, 2.24) is 14.7 Å². The quantitative estimate of drug-likeness (QED) is 0.748. The van der Waals surface area contributed by atoms with Gasteiger partial charge in [-0.3, -0.25) is 9.59 Å². The molecule has 2 saturated heterocycles. The van der Waals surface area contributed by atoms with Gasteiger partial charge in [-0.1, -0.05) is 13.8 Å². The van der Waals surface area contributed by atoms with E-state index in [1.54, 1.807) is 0 Å². The van der Waals surface area contributed by atoms with Crippen molar-refractivity contribution in [3.05, 3.63) is 0 Å². The largest absolute Gasteiger partial charge is 0.339 e. The lowest BCUT2D eigenvalue weighted by Crippen LogP contribution is -2.52. The van der Waals surface area contributed by atoms with Crippen LogP contribution in [0.3, 0.4) is 0 Å². The van der Waals surface area contributed by atoms with E-state index in [1.165, 1.54) is 12.8 Å². The Balaban J connectivity index is 1.71. The highest BCUT2D eigenvalue weighted by Gasteiger charge is 2.27. The van der Waals surface area contributed by atoms with Crippen LogP contribution >= 0.6 is 0 Å². The predicted molar refractivity (Wildman–Crippen MR) is 87.5 cm³/mol. The Morgan fingerprint density at radius 2 is 1.41 bits per heavy atom. The number of nitrogens with zero attached hydrogens (tertiary/aromatic N) is 3. The van der Waals surface area contributed by atoms with Gasteiger partial charge in [0.25, 0.3) is 0 Å². The second-order valence-corrected chi connectivity index (χ2v) is 6.52. The fourth-order valence-corrected chi connectivity index (χ4v) is 3.49. The van der Waals surface area contributed by atoms with Crippen LogP contribution in [0.4, 0.5) is 0 Å². The molecule has 2 amide bonds. The molecular weight excluding hydrogens is 278 g/mol. The number of piperazine rings is 1. The molecule has 0 aliphatic carbocycles. The van der Waals surface area contributed by atoms with Crippen molar-refractivity contribution in [1.29, 1.82) is 0 Å². The van der Waals surface area contributed by atoms with Crippen molar-refractivity contribution >= 4 is 11.8 Å². The molecule has 2 heterocycles. The van der Waals surface area contributed by atoms with Gasteiger partial charge in [0.15, 0.2) is 0 Å². The summed E-state index contributed by atoms with van der Waals surface area (Å²) in [6.45, 7) is 10.1. The minimum absolute atomic E-state index is 0.150. The van der Waals surface area contributed by atoms with E-state index in [2.05, 4.69) is 18.7 Å². The molecular formula is C17H31N3O2. The number of carbonyl (C=O) groups is 2. The van der Waals surface area contributed by atoms with Crippen molar-refractivity contribution in [2.75, 3.05) is 45.8 Å². The van der Waals surface area contributed by atoms with Crippen LogP contribution in [0.1, 0.15) is 46.0 Å². The summed E-state index contributed by atoms with van der Waals surface area (Å²) in [7, 11) is 0. The van der Waals surface area contributed by atoms with Gasteiger partial charge in [-0.15, -0.1) is 0 Å². The highest BCUT2D eigenvalue weighted by Crippen LogP contribution is 2.15. The average molecular weight is 309 g/mol. The van der Waals surface area contributed by atoms with Gasteiger partial charge in [0, 0.05) is 45.1 Å². The molecule has 0 saturated carbocycles. The third-order valence-corrected chi connectivity index (χ3v) is 5.12. The lowest BCUT2D eigenvalue weighted by Gasteiger charge is -2.36. The van der Waals surface area contributed by atoms with Crippen LogP contribution in [0, 0.1) is 5.92 Å². The molecule has 2 aliphatic heterocycles. The first-order valence-electron chi connectivity index (χ1n) is 8.94. The van der Waals surface area contributed by atoms with E-state index >= 15 is 0 Å². The first kappa shape index (κ1) is 17.3. The Morgan fingerprint density at radius 1 is 0.864 bits per heavy atom. The molecule has 0 radical (unpaired) electrons. The number of rotatable bonds is 6. The van der Waals surface area contributed by atoms with E-state index in [-0.39, 0.29) is 17.7 Å². The number of hydrogen-bond donors (Lipinski definition) is 0. The minimum Gasteiger partial charge on any atom is -0.339 e. The highest BCUT2D eigenvalue weighted by atomic mass is 16.2. The molecule has 0 spiro atoms. The first-order chi connectivity index (χ1) is 10.7. The van der Waals surface area contributed by atoms with Crippen LogP contribution in [0.5, 0.6) is 0 Å². The lowest BCUT2D eigenvalue weighted by atomic mass is 10.0. The van der Waals surface area contributed by atoms with Crippen molar-refractivity contribution < 1.29 is 9.59 Å². The first-order valence-corrected chi connectivity index (χ1v) is 8.94. The van der Waals surface area contributed by atoms with Gasteiger partial charge in [0.05, 0.1) is 0 Å². The van der Waals surface area contributed by atoms with Gasteiger partial charge in [-0.25, -0.2) is 0 Å². The topological polar surface area (TPSA) is 43.9 Å². The van der Waals surface area contributed by atoms with E-state index in [0.717, 1.165) is 32.5 Å². The molecule has 0 aromatic heterocycles. The fourth-order valence-electron chi connectivity index (χ4n) is 3.49. The average Bonchev–Trinajstić information content (AvgIpc) is 3.07. The summed E-state index contributed by atoms with van der Waals surface area (Å²) in [6, 6.07) is 0. The molecule has 2 fully saturated rings. The molecule has 5 nitrogen and oxygen atoms in total. The van der Waals surface area contributed by atoms with Gasteiger partial charge < -0.3 is 14.7 Å². The Morgan fingerprint density at radius 3 is 1.95 bits per heavy atom.